The molecule has 0 saturated carbocycles. The summed E-state index contributed by atoms with van der Waals surface area (Å²) in [7, 11) is 1.28. The smallest absolute Gasteiger partial charge is 0.343 e. The SMILES string of the molecule is COC(=O)COc1ccccc1NC(C)=O. The lowest BCUT2D eigenvalue weighted by Crippen LogP contribution is -2.14. The molecule has 86 valence electrons. The first kappa shape index (κ1) is 12.0. The predicted molar refractivity (Wildman–Crippen MR) is 58.3 cm³/mol. The van der Waals surface area contributed by atoms with Crippen LogP contribution in [0.15, 0.2) is 24.3 Å². The number of para-hydroxylation sites is 2. The molecule has 0 atom stereocenters. The second kappa shape index (κ2) is 5.75. The largest absolute Gasteiger partial charge is 0.480 e. The molecular formula is C11H13NO4. The van der Waals surface area contributed by atoms with Crippen LogP contribution < -0.4 is 10.1 Å². The summed E-state index contributed by atoms with van der Waals surface area (Å²) in [6.07, 6.45) is 0. The minimum absolute atomic E-state index is 0.187. The summed E-state index contributed by atoms with van der Waals surface area (Å²) in [6.45, 7) is 1.21. The molecule has 5 nitrogen and oxygen atoms in total. The Morgan fingerprint density at radius 3 is 2.62 bits per heavy atom. The van der Waals surface area contributed by atoms with Crippen molar-refractivity contribution < 1.29 is 19.1 Å². The van der Waals surface area contributed by atoms with Crippen LogP contribution in [0.5, 0.6) is 5.75 Å². The number of nitrogens with one attached hydrogen (secondary N) is 1. The Bertz CT molecular complexity index is 389. The highest BCUT2D eigenvalue weighted by atomic mass is 16.6. The fraction of sp³-hybridized carbons (Fsp3) is 0.273. The van der Waals surface area contributed by atoms with E-state index in [9.17, 15) is 9.59 Å². The van der Waals surface area contributed by atoms with Crippen molar-refractivity contribution in [1.82, 2.24) is 0 Å². The zero-order valence-electron chi connectivity index (χ0n) is 9.15. The van der Waals surface area contributed by atoms with Crippen molar-refractivity contribution in [2.45, 2.75) is 6.92 Å². The molecule has 0 heterocycles. The molecule has 1 amide bonds. The average Bonchev–Trinajstić information content (AvgIpc) is 2.26. The molecule has 1 aromatic rings. The summed E-state index contributed by atoms with van der Waals surface area (Å²) in [5.41, 5.74) is 0.527. The van der Waals surface area contributed by atoms with E-state index in [-0.39, 0.29) is 12.5 Å². The van der Waals surface area contributed by atoms with Crippen LogP contribution in [0, 0.1) is 0 Å². The summed E-state index contributed by atoms with van der Waals surface area (Å²) < 4.78 is 9.64. The van der Waals surface area contributed by atoms with E-state index in [4.69, 9.17) is 4.74 Å². The van der Waals surface area contributed by atoms with Gasteiger partial charge in [0.1, 0.15) is 5.75 Å². The van der Waals surface area contributed by atoms with Gasteiger partial charge in [0.25, 0.3) is 0 Å². The van der Waals surface area contributed by atoms with E-state index in [1.807, 2.05) is 0 Å². The number of benzene rings is 1. The van der Waals surface area contributed by atoms with E-state index in [2.05, 4.69) is 10.1 Å². The lowest BCUT2D eigenvalue weighted by atomic mass is 10.3. The highest BCUT2D eigenvalue weighted by Gasteiger charge is 2.06. The summed E-state index contributed by atoms with van der Waals surface area (Å²) >= 11 is 0. The second-order valence-electron chi connectivity index (χ2n) is 3.04. The number of anilines is 1. The van der Waals surface area contributed by atoms with E-state index in [1.54, 1.807) is 24.3 Å². The molecule has 0 spiro atoms. The quantitative estimate of drug-likeness (QED) is 0.779. The van der Waals surface area contributed by atoms with Gasteiger partial charge in [0.15, 0.2) is 6.61 Å². The van der Waals surface area contributed by atoms with E-state index < -0.39 is 5.97 Å². The number of carbonyl (C=O) groups excluding carboxylic acids is 2. The Hall–Kier alpha value is -2.04. The highest BCUT2D eigenvalue weighted by molar-refractivity contribution is 5.90. The van der Waals surface area contributed by atoms with E-state index in [0.29, 0.717) is 11.4 Å². The summed E-state index contributed by atoms with van der Waals surface area (Å²) in [6, 6.07) is 6.86. The Balaban J connectivity index is 2.70. The third-order valence-electron chi connectivity index (χ3n) is 1.77. The van der Waals surface area contributed by atoms with Crippen LogP contribution in [-0.4, -0.2) is 25.6 Å². The van der Waals surface area contributed by atoms with E-state index >= 15 is 0 Å². The topological polar surface area (TPSA) is 64.6 Å². The van der Waals surface area contributed by atoms with Crippen molar-refractivity contribution in [3.63, 3.8) is 0 Å². The maximum absolute atomic E-state index is 10.9. The van der Waals surface area contributed by atoms with Crippen molar-refractivity contribution in [2.75, 3.05) is 19.0 Å². The van der Waals surface area contributed by atoms with Crippen LogP contribution in [0.4, 0.5) is 5.69 Å². The standard InChI is InChI=1S/C11H13NO4/c1-8(13)12-9-5-3-4-6-10(9)16-7-11(14)15-2/h3-6H,7H2,1-2H3,(H,12,13). The molecule has 0 saturated heterocycles. The van der Waals surface area contributed by atoms with Gasteiger partial charge in [0.05, 0.1) is 12.8 Å². The zero-order valence-corrected chi connectivity index (χ0v) is 9.15. The number of amides is 1. The van der Waals surface area contributed by atoms with Gasteiger partial charge in [-0.1, -0.05) is 12.1 Å². The lowest BCUT2D eigenvalue weighted by molar-refractivity contribution is -0.142. The van der Waals surface area contributed by atoms with Crippen molar-refractivity contribution in [3.05, 3.63) is 24.3 Å². The van der Waals surface area contributed by atoms with E-state index in [1.165, 1.54) is 14.0 Å². The number of hydrogen-bond acceptors (Lipinski definition) is 4. The molecule has 5 heteroatoms. The van der Waals surface area contributed by atoms with Gasteiger partial charge in [-0.25, -0.2) is 4.79 Å². The third-order valence-corrected chi connectivity index (χ3v) is 1.77. The van der Waals surface area contributed by atoms with Gasteiger partial charge in [-0.05, 0) is 12.1 Å². The highest BCUT2D eigenvalue weighted by Crippen LogP contribution is 2.23. The number of esters is 1. The molecular weight excluding hydrogens is 210 g/mol. The number of ether oxygens (including phenoxy) is 2. The molecule has 0 unspecified atom stereocenters. The first-order valence-electron chi connectivity index (χ1n) is 4.69. The fourth-order valence-electron chi connectivity index (χ4n) is 1.08. The summed E-state index contributed by atoms with van der Waals surface area (Å²) in [4.78, 5) is 21.8. The maximum atomic E-state index is 10.9. The number of methoxy groups -OCH3 is 1. The van der Waals surface area contributed by atoms with E-state index in [0.717, 1.165) is 0 Å². The second-order valence-corrected chi connectivity index (χ2v) is 3.04. The minimum atomic E-state index is -0.474. The molecule has 0 bridgehead atoms. The first-order valence-corrected chi connectivity index (χ1v) is 4.69. The molecule has 1 aromatic carbocycles. The Labute approximate surface area is 93.4 Å². The number of carbonyl (C=O) groups is 2. The molecule has 16 heavy (non-hydrogen) atoms. The molecule has 0 radical (unpaired) electrons. The first-order chi connectivity index (χ1) is 7.63. The van der Waals surface area contributed by atoms with Crippen molar-refractivity contribution in [1.29, 1.82) is 0 Å². The molecule has 1 rings (SSSR count). The van der Waals surface area contributed by atoms with Crippen molar-refractivity contribution in [3.8, 4) is 5.75 Å². The predicted octanol–water partition coefficient (Wildman–Crippen LogP) is 1.20. The maximum Gasteiger partial charge on any atom is 0.343 e. The Morgan fingerprint density at radius 2 is 2.00 bits per heavy atom. The van der Waals surface area contributed by atoms with Crippen LogP contribution in [0.2, 0.25) is 0 Å². The van der Waals surface area contributed by atoms with Gasteiger partial charge < -0.3 is 14.8 Å². The Kier molecular flexibility index (Phi) is 4.32. The van der Waals surface area contributed by atoms with Gasteiger partial charge in [0.2, 0.25) is 5.91 Å². The van der Waals surface area contributed by atoms with Crippen LogP contribution in [-0.2, 0) is 14.3 Å². The Morgan fingerprint density at radius 1 is 1.31 bits per heavy atom. The molecule has 1 N–H and O–H groups in total. The lowest BCUT2D eigenvalue weighted by Gasteiger charge is -2.10. The van der Waals surface area contributed by atoms with Crippen LogP contribution in [0.3, 0.4) is 0 Å². The van der Waals surface area contributed by atoms with Gasteiger partial charge in [-0.2, -0.15) is 0 Å². The molecule has 0 aromatic heterocycles. The third kappa shape index (κ3) is 3.61. The van der Waals surface area contributed by atoms with Crippen molar-refractivity contribution >= 4 is 17.6 Å². The molecule has 0 fully saturated rings. The molecule has 0 aliphatic rings. The van der Waals surface area contributed by atoms with Crippen molar-refractivity contribution in [2.24, 2.45) is 0 Å². The van der Waals surface area contributed by atoms with Gasteiger partial charge in [0, 0.05) is 6.92 Å². The van der Waals surface area contributed by atoms with Gasteiger partial charge in [-0.15, -0.1) is 0 Å². The summed E-state index contributed by atoms with van der Waals surface area (Å²) in [5.74, 6) is -0.241. The monoisotopic (exact) mass is 223 g/mol. The van der Waals surface area contributed by atoms with Crippen LogP contribution >= 0.6 is 0 Å². The van der Waals surface area contributed by atoms with Gasteiger partial charge >= 0.3 is 5.97 Å². The molecule has 0 aliphatic heterocycles. The number of hydrogen-bond donors (Lipinski definition) is 1. The summed E-state index contributed by atoms with van der Waals surface area (Å²) in [5, 5.41) is 2.60. The molecule has 0 aliphatic carbocycles. The fourth-order valence-corrected chi connectivity index (χ4v) is 1.08. The average molecular weight is 223 g/mol. The normalized spacial score (nSPS) is 9.38. The van der Waals surface area contributed by atoms with Gasteiger partial charge in [-0.3, -0.25) is 4.79 Å². The number of rotatable bonds is 4. The van der Waals surface area contributed by atoms with Crippen LogP contribution in [0.1, 0.15) is 6.92 Å². The minimum Gasteiger partial charge on any atom is -0.480 e. The zero-order chi connectivity index (χ0) is 12.0. The van der Waals surface area contributed by atoms with Crippen LogP contribution in [0.25, 0.3) is 0 Å².